The van der Waals surface area contributed by atoms with Crippen LogP contribution in [0.25, 0.3) is 10.9 Å². The van der Waals surface area contributed by atoms with Crippen molar-refractivity contribution in [3.63, 3.8) is 0 Å². The van der Waals surface area contributed by atoms with Gasteiger partial charge >= 0.3 is 0 Å². The lowest BCUT2D eigenvalue weighted by molar-refractivity contribution is 0.104. The summed E-state index contributed by atoms with van der Waals surface area (Å²) in [5.74, 6) is -0.112. The lowest BCUT2D eigenvalue weighted by atomic mass is 10.0. The first-order valence-electron chi connectivity index (χ1n) is 5.72. The van der Waals surface area contributed by atoms with Crippen molar-refractivity contribution in [3.8, 4) is 0 Å². The van der Waals surface area contributed by atoms with Crippen LogP contribution in [0, 0.1) is 0 Å². The first-order chi connectivity index (χ1) is 9.16. The maximum absolute atomic E-state index is 12.5. The van der Waals surface area contributed by atoms with E-state index in [9.17, 15) is 4.79 Å². The van der Waals surface area contributed by atoms with Crippen LogP contribution < -0.4 is 0 Å². The van der Waals surface area contributed by atoms with Crippen LogP contribution in [0.5, 0.6) is 0 Å². The van der Waals surface area contributed by atoms with Crippen LogP contribution in [0.15, 0.2) is 48.7 Å². The lowest BCUT2D eigenvalue weighted by Gasteiger charge is -2.02. The summed E-state index contributed by atoms with van der Waals surface area (Å²) >= 11 is 12.0. The Morgan fingerprint density at radius 2 is 1.79 bits per heavy atom. The summed E-state index contributed by atoms with van der Waals surface area (Å²) < 4.78 is 0. The number of nitrogens with one attached hydrogen (secondary N) is 1. The van der Waals surface area contributed by atoms with E-state index in [1.54, 1.807) is 42.6 Å². The largest absolute Gasteiger partial charge is 0.360 e. The van der Waals surface area contributed by atoms with Crippen molar-refractivity contribution in [2.24, 2.45) is 0 Å². The van der Waals surface area contributed by atoms with Gasteiger partial charge in [-0.2, -0.15) is 0 Å². The third-order valence-corrected chi connectivity index (χ3v) is 3.57. The second kappa shape index (κ2) is 4.72. The summed E-state index contributed by atoms with van der Waals surface area (Å²) in [5.41, 5.74) is 1.94. The van der Waals surface area contributed by atoms with Crippen LogP contribution in [0.1, 0.15) is 15.9 Å². The number of benzene rings is 2. The zero-order valence-corrected chi connectivity index (χ0v) is 11.3. The SMILES string of the molecule is O=C(c1ccccc1Cl)c1c[nH]c2ccc(Cl)cc12. The van der Waals surface area contributed by atoms with Gasteiger partial charge in [-0.1, -0.05) is 35.3 Å². The maximum Gasteiger partial charge on any atom is 0.196 e. The molecular weight excluding hydrogens is 281 g/mol. The Bertz CT molecular complexity index is 777. The molecule has 0 aliphatic rings. The molecule has 0 aliphatic heterocycles. The van der Waals surface area contributed by atoms with Crippen LogP contribution in [0.2, 0.25) is 10.0 Å². The fourth-order valence-electron chi connectivity index (χ4n) is 2.07. The fraction of sp³-hybridized carbons (Fsp3) is 0. The third kappa shape index (κ3) is 2.14. The number of aromatic amines is 1. The zero-order valence-electron chi connectivity index (χ0n) is 9.78. The molecule has 0 radical (unpaired) electrons. The summed E-state index contributed by atoms with van der Waals surface area (Å²) in [7, 11) is 0. The van der Waals surface area contributed by atoms with E-state index < -0.39 is 0 Å². The van der Waals surface area contributed by atoms with Crippen molar-refractivity contribution in [3.05, 3.63) is 69.8 Å². The van der Waals surface area contributed by atoms with Crippen molar-refractivity contribution in [2.75, 3.05) is 0 Å². The Morgan fingerprint density at radius 3 is 2.58 bits per heavy atom. The molecule has 0 amide bonds. The van der Waals surface area contributed by atoms with Crippen molar-refractivity contribution >= 4 is 39.9 Å². The van der Waals surface area contributed by atoms with Gasteiger partial charge in [0.1, 0.15) is 0 Å². The normalized spacial score (nSPS) is 10.8. The number of fused-ring (bicyclic) bond motifs is 1. The second-order valence-electron chi connectivity index (χ2n) is 4.20. The molecule has 19 heavy (non-hydrogen) atoms. The topological polar surface area (TPSA) is 32.9 Å². The summed E-state index contributed by atoms with van der Waals surface area (Å²) in [4.78, 5) is 15.6. The highest BCUT2D eigenvalue weighted by atomic mass is 35.5. The van der Waals surface area contributed by atoms with Crippen molar-refractivity contribution < 1.29 is 4.79 Å². The standard InChI is InChI=1S/C15H9Cl2NO/c16-9-5-6-14-11(7-9)12(8-18-14)15(19)10-3-1-2-4-13(10)17/h1-8,18H. The second-order valence-corrected chi connectivity index (χ2v) is 5.04. The molecule has 0 saturated heterocycles. The third-order valence-electron chi connectivity index (χ3n) is 3.01. The molecule has 0 bridgehead atoms. The van der Waals surface area contributed by atoms with Gasteiger partial charge in [0.2, 0.25) is 0 Å². The van der Waals surface area contributed by atoms with Gasteiger partial charge in [0.25, 0.3) is 0 Å². The molecule has 3 rings (SSSR count). The number of ketones is 1. The van der Waals surface area contributed by atoms with E-state index in [2.05, 4.69) is 4.98 Å². The molecule has 94 valence electrons. The Kier molecular flexibility index (Phi) is 3.05. The molecule has 0 atom stereocenters. The number of hydrogen-bond acceptors (Lipinski definition) is 1. The summed E-state index contributed by atoms with van der Waals surface area (Å²) in [6, 6.07) is 12.4. The van der Waals surface area contributed by atoms with E-state index in [0.29, 0.717) is 21.2 Å². The Morgan fingerprint density at radius 1 is 1.00 bits per heavy atom. The summed E-state index contributed by atoms with van der Waals surface area (Å²) in [6.07, 6.45) is 1.69. The van der Waals surface area contributed by atoms with Crippen LogP contribution >= 0.6 is 23.2 Å². The highest BCUT2D eigenvalue weighted by Crippen LogP contribution is 2.26. The molecule has 2 aromatic carbocycles. The number of rotatable bonds is 2. The minimum absolute atomic E-state index is 0.112. The summed E-state index contributed by atoms with van der Waals surface area (Å²) in [6.45, 7) is 0. The van der Waals surface area contributed by atoms with Gasteiger partial charge in [0, 0.05) is 33.2 Å². The number of carbonyl (C=O) groups is 1. The first-order valence-corrected chi connectivity index (χ1v) is 6.48. The number of H-pyrrole nitrogens is 1. The van der Waals surface area contributed by atoms with Crippen LogP contribution in [-0.2, 0) is 0 Å². The quantitative estimate of drug-likeness (QED) is 0.681. The molecule has 4 heteroatoms. The van der Waals surface area contributed by atoms with Crippen LogP contribution in [0.3, 0.4) is 0 Å². The van der Waals surface area contributed by atoms with Gasteiger partial charge in [-0.05, 0) is 30.3 Å². The molecular formula is C15H9Cl2NO. The highest BCUT2D eigenvalue weighted by Gasteiger charge is 2.16. The molecule has 2 nitrogen and oxygen atoms in total. The van der Waals surface area contributed by atoms with Crippen LogP contribution in [0.4, 0.5) is 0 Å². The highest BCUT2D eigenvalue weighted by molar-refractivity contribution is 6.36. The molecule has 0 unspecified atom stereocenters. The average Bonchev–Trinajstić information content (AvgIpc) is 2.81. The first kappa shape index (κ1) is 12.3. The fourth-order valence-corrected chi connectivity index (χ4v) is 2.46. The Balaban J connectivity index is 2.17. The Hall–Kier alpha value is -1.77. The molecule has 0 aliphatic carbocycles. The van der Waals surface area contributed by atoms with E-state index >= 15 is 0 Å². The van der Waals surface area contributed by atoms with Gasteiger partial charge in [-0.15, -0.1) is 0 Å². The molecule has 1 heterocycles. The maximum atomic E-state index is 12.5. The molecule has 0 spiro atoms. The molecule has 0 fully saturated rings. The molecule has 1 N–H and O–H groups in total. The van der Waals surface area contributed by atoms with Gasteiger partial charge in [0.05, 0.1) is 5.02 Å². The van der Waals surface area contributed by atoms with E-state index in [-0.39, 0.29) is 5.78 Å². The van der Waals surface area contributed by atoms with Crippen LogP contribution in [-0.4, -0.2) is 10.8 Å². The minimum atomic E-state index is -0.112. The zero-order chi connectivity index (χ0) is 13.4. The predicted octanol–water partition coefficient (Wildman–Crippen LogP) is 4.71. The average molecular weight is 290 g/mol. The smallest absolute Gasteiger partial charge is 0.196 e. The monoisotopic (exact) mass is 289 g/mol. The van der Waals surface area contributed by atoms with E-state index in [0.717, 1.165) is 10.9 Å². The van der Waals surface area contributed by atoms with Gasteiger partial charge in [0.15, 0.2) is 5.78 Å². The van der Waals surface area contributed by atoms with E-state index in [1.807, 2.05) is 6.07 Å². The van der Waals surface area contributed by atoms with Gasteiger partial charge in [-0.25, -0.2) is 0 Å². The number of hydrogen-bond donors (Lipinski definition) is 1. The van der Waals surface area contributed by atoms with Crippen molar-refractivity contribution in [1.82, 2.24) is 4.98 Å². The molecule has 0 saturated carbocycles. The summed E-state index contributed by atoms with van der Waals surface area (Å²) in [5, 5.41) is 1.85. The molecule has 1 aromatic heterocycles. The minimum Gasteiger partial charge on any atom is -0.360 e. The van der Waals surface area contributed by atoms with Crippen molar-refractivity contribution in [1.29, 1.82) is 0 Å². The predicted molar refractivity (Wildman–Crippen MR) is 78.2 cm³/mol. The number of halogens is 2. The lowest BCUT2D eigenvalue weighted by Crippen LogP contribution is -2.00. The molecule has 3 aromatic rings. The number of aromatic nitrogens is 1. The van der Waals surface area contributed by atoms with E-state index in [1.165, 1.54) is 0 Å². The number of carbonyl (C=O) groups excluding carboxylic acids is 1. The van der Waals surface area contributed by atoms with Gasteiger partial charge < -0.3 is 4.98 Å². The Labute approximate surface area is 120 Å². The van der Waals surface area contributed by atoms with Gasteiger partial charge in [-0.3, -0.25) is 4.79 Å². The van der Waals surface area contributed by atoms with Crippen molar-refractivity contribution in [2.45, 2.75) is 0 Å². The van der Waals surface area contributed by atoms with E-state index in [4.69, 9.17) is 23.2 Å².